The molecule has 0 N–H and O–H groups in total. The summed E-state index contributed by atoms with van der Waals surface area (Å²) in [4.78, 5) is 0. The van der Waals surface area contributed by atoms with E-state index in [1.807, 2.05) is 0 Å². The average Bonchev–Trinajstić information content (AvgIpc) is 0. The van der Waals surface area contributed by atoms with Gasteiger partial charge in [0.1, 0.15) is 0 Å². The van der Waals surface area contributed by atoms with Gasteiger partial charge in [-0.15, -0.1) is 0 Å². The molecule has 0 saturated heterocycles. The molecule has 9 heavy (non-hydrogen) atoms. The van der Waals surface area contributed by atoms with E-state index in [-0.39, 0.29) is 182 Å². The SMILES string of the molecule is F.F.F.[F-].[F-].[F-].[K+].[K+].[K+]. The molecule has 0 aromatic rings. The van der Waals surface area contributed by atoms with Crippen LogP contribution in [0.1, 0.15) is 0 Å². The first-order valence-electron chi connectivity index (χ1n) is 0. The number of rotatable bonds is 0. The minimum absolute atomic E-state index is 0. The summed E-state index contributed by atoms with van der Waals surface area (Å²) in [5.74, 6) is 0. The second-order valence-corrected chi connectivity index (χ2v) is 0. The van der Waals surface area contributed by atoms with Crippen LogP contribution in [0.15, 0.2) is 0 Å². The Kier molecular flexibility index (Phi) is 949. The van der Waals surface area contributed by atoms with Crippen molar-refractivity contribution in [2.45, 2.75) is 0 Å². The van der Waals surface area contributed by atoms with Crippen molar-refractivity contribution in [2.75, 3.05) is 0 Å². The van der Waals surface area contributed by atoms with Crippen LogP contribution in [0.2, 0.25) is 0 Å². The third-order valence-electron chi connectivity index (χ3n) is 0. The summed E-state index contributed by atoms with van der Waals surface area (Å²) in [7, 11) is 0. The summed E-state index contributed by atoms with van der Waals surface area (Å²) in [5, 5.41) is 0. The molecule has 0 aliphatic rings. The first-order valence-corrected chi connectivity index (χ1v) is 0. The van der Waals surface area contributed by atoms with Gasteiger partial charge >= 0.3 is 154 Å². The molecule has 0 aliphatic carbocycles. The summed E-state index contributed by atoms with van der Waals surface area (Å²) in [6.45, 7) is 0. The molecule has 9 heteroatoms. The molecule has 0 saturated carbocycles. The third kappa shape index (κ3) is 68.2. The molecule has 0 heterocycles. The van der Waals surface area contributed by atoms with Crippen molar-refractivity contribution in [3.63, 3.8) is 0 Å². The minimum atomic E-state index is 0. The molecule has 0 fully saturated rings. The maximum absolute atomic E-state index is 0. The molecule has 0 aliphatic heterocycles. The largest absolute Gasteiger partial charge is 1.00 e. The molecule has 0 spiro atoms. The fourth-order valence-electron chi connectivity index (χ4n) is 0. The van der Waals surface area contributed by atoms with Crippen LogP contribution in [0, 0.1) is 0 Å². The Hall–Kier alpha value is 4.49. The maximum atomic E-state index is 0. The predicted octanol–water partition coefficient (Wildman–Crippen LogP) is -17.5. The Morgan fingerprint density at radius 2 is 0.333 bits per heavy atom. The van der Waals surface area contributed by atoms with Crippen molar-refractivity contribution >= 4 is 0 Å². The average molecular weight is 234 g/mol. The summed E-state index contributed by atoms with van der Waals surface area (Å²) in [6.07, 6.45) is 0. The molecule has 0 bridgehead atoms. The molecular weight excluding hydrogens is 231 g/mol. The van der Waals surface area contributed by atoms with Crippen molar-refractivity contribution < 1.29 is 182 Å². The fraction of sp³-hybridized carbons (Fsp3) is 0. The van der Waals surface area contributed by atoms with Crippen LogP contribution in [0.3, 0.4) is 0 Å². The second kappa shape index (κ2) is 81.8. The van der Waals surface area contributed by atoms with Crippen molar-refractivity contribution in [3.05, 3.63) is 0 Å². The van der Waals surface area contributed by atoms with E-state index in [2.05, 4.69) is 0 Å². The van der Waals surface area contributed by atoms with Crippen LogP contribution in [-0.4, -0.2) is 0 Å². The van der Waals surface area contributed by atoms with Gasteiger partial charge in [-0.3, -0.25) is 14.1 Å². The first kappa shape index (κ1) is 104. The second-order valence-electron chi connectivity index (χ2n) is 0. The van der Waals surface area contributed by atoms with E-state index in [1.165, 1.54) is 0 Å². The summed E-state index contributed by atoms with van der Waals surface area (Å²) >= 11 is 0. The zero-order chi connectivity index (χ0) is 0. The zero-order valence-electron chi connectivity index (χ0n) is 5.36. The monoisotopic (exact) mass is 234 g/mol. The summed E-state index contributed by atoms with van der Waals surface area (Å²) in [5.41, 5.74) is 0. The summed E-state index contributed by atoms with van der Waals surface area (Å²) in [6, 6.07) is 0. The molecular formula is H3F6K3. The van der Waals surface area contributed by atoms with Gasteiger partial charge in [-0.2, -0.15) is 0 Å². The predicted molar refractivity (Wildman–Crippen MR) is 7.51 cm³/mol. The Balaban J connectivity index is 0. The van der Waals surface area contributed by atoms with Gasteiger partial charge in [0.25, 0.3) is 0 Å². The topological polar surface area (TPSA) is 0 Å². The number of hydrogen-bond donors (Lipinski definition) is 0. The van der Waals surface area contributed by atoms with Crippen LogP contribution in [-0.2, 0) is 0 Å². The van der Waals surface area contributed by atoms with E-state index in [0.29, 0.717) is 0 Å². The van der Waals surface area contributed by atoms with Gasteiger partial charge in [0, 0.05) is 0 Å². The van der Waals surface area contributed by atoms with Crippen molar-refractivity contribution in [1.29, 1.82) is 0 Å². The molecule has 0 unspecified atom stereocenters. The van der Waals surface area contributed by atoms with Gasteiger partial charge in [0.15, 0.2) is 0 Å². The van der Waals surface area contributed by atoms with Crippen LogP contribution < -0.4 is 168 Å². The molecule has 48 valence electrons. The number of hydrogen-bond acceptors (Lipinski definition) is 0. The zero-order valence-corrected chi connectivity index (χ0v) is 14.7. The van der Waals surface area contributed by atoms with Gasteiger partial charge in [-0.25, -0.2) is 0 Å². The molecule has 0 atom stereocenters. The fourth-order valence-corrected chi connectivity index (χ4v) is 0. The van der Waals surface area contributed by atoms with E-state index >= 15 is 0 Å². The van der Waals surface area contributed by atoms with Crippen LogP contribution in [0.4, 0.5) is 14.1 Å². The Morgan fingerprint density at radius 3 is 0.333 bits per heavy atom. The van der Waals surface area contributed by atoms with Crippen molar-refractivity contribution in [1.82, 2.24) is 0 Å². The Labute approximate surface area is 177 Å². The number of halogens is 6. The van der Waals surface area contributed by atoms with Gasteiger partial charge in [0.05, 0.1) is 0 Å². The minimum Gasteiger partial charge on any atom is -1.00 e. The Bertz CT molecular complexity index is 8.26. The Morgan fingerprint density at radius 1 is 0.333 bits per heavy atom. The smallest absolute Gasteiger partial charge is 1.00 e. The normalized spacial score (nSPS) is 0. The van der Waals surface area contributed by atoms with E-state index < -0.39 is 0 Å². The molecule has 0 radical (unpaired) electrons. The van der Waals surface area contributed by atoms with Crippen LogP contribution >= 0.6 is 0 Å². The van der Waals surface area contributed by atoms with Gasteiger partial charge in [-0.1, -0.05) is 0 Å². The molecule has 0 nitrogen and oxygen atoms in total. The molecule has 0 aromatic heterocycles. The molecule has 0 aromatic carbocycles. The van der Waals surface area contributed by atoms with Crippen LogP contribution in [0.25, 0.3) is 0 Å². The van der Waals surface area contributed by atoms with Gasteiger partial charge in [0.2, 0.25) is 0 Å². The molecule has 0 rings (SSSR count). The quantitative estimate of drug-likeness (QED) is 0.288. The van der Waals surface area contributed by atoms with E-state index in [4.69, 9.17) is 0 Å². The van der Waals surface area contributed by atoms with E-state index in [0.717, 1.165) is 0 Å². The van der Waals surface area contributed by atoms with Crippen molar-refractivity contribution in [2.24, 2.45) is 0 Å². The van der Waals surface area contributed by atoms with E-state index in [9.17, 15) is 0 Å². The summed E-state index contributed by atoms with van der Waals surface area (Å²) < 4.78 is 0. The van der Waals surface area contributed by atoms with Crippen LogP contribution in [0.5, 0.6) is 0 Å². The van der Waals surface area contributed by atoms with E-state index in [1.54, 1.807) is 0 Å². The van der Waals surface area contributed by atoms with Gasteiger partial charge < -0.3 is 14.1 Å². The molecule has 0 amide bonds. The van der Waals surface area contributed by atoms with Gasteiger partial charge in [-0.05, 0) is 0 Å². The standard InChI is InChI=1S/6FH.3K/h6*1H;;;/q;;;;;;3*+1/p-3. The first-order chi connectivity index (χ1) is 0. The van der Waals surface area contributed by atoms with Crippen molar-refractivity contribution in [3.8, 4) is 0 Å². The third-order valence-corrected chi connectivity index (χ3v) is 0. The maximum Gasteiger partial charge on any atom is 1.00 e.